The third-order valence-electron chi connectivity index (χ3n) is 3.88. The maximum atomic E-state index is 12.2. The van der Waals surface area contributed by atoms with Gasteiger partial charge in [-0.3, -0.25) is 14.6 Å². The molecule has 1 aromatic carbocycles. The molecule has 7 heteroatoms. The van der Waals surface area contributed by atoms with Crippen LogP contribution in [-0.4, -0.2) is 43.1 Å². The van der Waals surface area contributed by atoms with E-state index in [1.54, 1.807) is 37.4 Å². The van der Waals surface area contributed by atoms with Crippen LogP contribution in [0.3, 0.4) is 0 Å². The lowest BCUT2D eigenvalue weighted by Crippen LogP contribution is -2.29. The fourth-order valence-corrected chi connectivity index (χ4v) is 2.29. The molecule has 0 radical (unpaired) electrons. The van der Waals surface area contributed by atoms with E-state index < -0.39 is 0 Å². The van der Waals surface area contributed by atoms with Crippen molar-refractivity contribution in [3.05, 3.63) is 53.9 Å². The number of carbonyl (C=O) groups is 2. The first-order chi connectivity index (χ1) is 12.7. The minimum atomic E-state index is -0.272. The number of amides is 2. The molecule has 1 saturated carbocycles. The van der Waals surface area contributed by atoms with Crippen LogP contribution >= 0.6 is 0 Å². The molecule has 7 nitrogen and oxygen atoms in total. The molecule has 1 aliphatic rings. The van der Waals surface area contributed by atoms with Crippen LogP contribution in [0.1, 0.15) is 33.7 Å². The van der Waals surface area contributed by atoms with Crippen LogP contribution in [-0.2, 0) is 0 Å². The number of pyridine rings is 1. The summed E-state index contributed by atoms with van der Waals surface area (Å²) in [5.74, 6) is 0.934. The van der Waals surface area contributed by atoms with Gasteiger partial charge in [0.25, 0.3) is 11.8 Å². The second kappa shape index (κ2) is 8.33. The monoisotopic (exact) mass is 355 g/mol. The number of rotatable bonds is 8. The molecule has 26 heavy (non-hydrogen) atoms. The van der Waals surface area contributed by atoms with Crippen molar-refractivity contribution < 1.29 is 19.1 Å². The largest absolute Gasteiger partial charge is 0.497 e. The summed E-state index contributed by atoms with van der Waals surface area (Å²) in [6.07, 6.45) is 3.46. The molecule has 0 unspecified atom stereocenters. The highest BCUT2D eigenvalue weighted by Crippen LogP contribution is 2.19. The summed E-state index contributed by atoms with van der Waals surface area (Å²) in [7, 11) is 1.60. The molecule has 0 saturated heterocycles. The Morgan fingerprint density at radius 2 is 1.85 bits per heavy atom. The minimum Gasteiger partial charge on any atom is -0.497 e. The van der Waals surface area contributed by atoms with Crippen LogP contribution in [0, 0.1) is 0 Å². The van der Waals surface area contributed by atoms with Crippen LogP contribution < -0.4 is 20.1 Å². The van der Waals surface area contributed by atoms with Gasteiger partial charge in [-0.1, -0.05) is 0 Å². The molecular formula is C19H21N3O4. The third kappa shape index (κ3) is 4.95. The standard InChI is InChI=1S/C19H21N3O4/c1-25-15-4-6-16(7-5-15)26-11-10-21-18(23)13-8-9-20-17(12-13)19(24)22-14-2-3-14/h4-9,12,14H,2-3,10-11H2,1H3,(H,21,23)(H,22,24). The number of nitrogens with zero attached hydrogens (tertiary/aromatic N) is 1. The molecular weight excluding hydrogens is 334 g/mol. The summed E-state index contributed by atoms with van der Waals surface area (Å²) in [4.78, 5) is 28.2. The highest BCUT2D eigenvalue weighted by atomic mass is 16.5. The van der Waals surface area contributed by atoms with Gasteiger partial charge in [-0.15, -0.1) is 0 Å². The maximum absolute atomic E-state index is 12.2. The first-order valence-corrected chi connectivity index (χ1v) is 8.47. The van der Waals surface area contributed by atoms with Gasteiger partial charge in [0, 0.05) is 17.8 Å². The first kappa shape index (κ1) is 17.7. The predicted molar refractivity (Wildman–Crippen MR) is 95.5 cm³/mol. The maximum Gasteiger partial charge on any atom is 0.270 e. The number of hydrogen-bond donors (Lipinski definition) is 2. The Morgan fingerprint density at radius 3 is 2.54 bits per heavy atom. The smallest absolute Gasteiger partial charge is 0.270 e. The summed E-state index contributed by atoms with van der Waals surface area (Å²) in [5, 5.41) is 5.62. The number of methoxy groups -OCH3 is 1. The van der Waals surface area contributed by atoms with Gasteiger partial charge in [0.05, 0.1) is 13.7 Å². The number of ether oxygens (including phenoxy) is 2. The summed E-state index contributed by atoms with van der Waals surface area (Å²) in [6, 6.07) is 10.5. The quantitative estimate of drug-likeness (QED) is 0.705. The van der Waals surface area contributed by atoms with E-state index in [0.29, 0.717) is 24.5 Å². The second-order valence-electron chi connectivity index (χ2n) is 5.96. The van der Waals surface area contributed by atoms with Crippen LogP contribution in [0.25, 0.3) is 0 Å². The Kier molecular flexibility index (Phi) is 5.68. The molecule has 1 aromatic heterocycles. The topological polar surface area (TPSA) is 89.6 Å². The average Bonchev–Trinajstić information content (AvgIpc) is 3.49. The number of hydrogen-bond acceptors (Lipinski definition) is 5. The fraction of sp³-hybridized carbons (Fsp3) is 0.316. The van der Waals surface area contributed by atoms with Crippen LogP contribution in [0.2, 0.25) is 0 Å². The number of carbonyl (C=O) groups excluding carboxylic acids is 2. The molecule has 2 aromatic rings. The number of benzene rings is 1. The second-order valence-corrected chi connectivity index (χ2v) is 5.96. The van der Waals surface area contributed by atoms with Crippen LogP contribution in [0.15, 0.2) is 42.6 Å². The third-order valence-corrected chi connectivity index (χ3v) is 3.88. The van der Waals surface area contributed by atoms with E-state index in [1.807, 2.05) is 0 Å². The van der Waals surface area contributed by atoms with Gasteiger partial charge in [-0.25, -0.2) is 0 Å². The van der Waals surface area contributed by atoms with Crippen molar-refractivity contribution >= 4 is 11.8 Å². The van der Waals surface area contributed by atoms with Crippen molar-refractivity contribution in [2.45, 2.75) is 18.9 Å². The average molecular weight is 355 g/mol. The lowest BCUT2D eigenvalue weighted by Gasteiger charge is -2.09. The molecule has 136 valence electrons. The molecule has 2 N–H and O–H groups in total. The van der Waals surface area contributed by atoms with E-state index in [-0.39, 0.29) is 23.6 Å². The molecule has 0 atom stereocenters. The molecule has 3 rings (SSSR count). The minimum absolute atomic E-state index is 0.245. The van der Waals surface area contributed by atoms with Crippen molar-refractivity contribution in [1.82, 2.24) is 15.6 Å². The Morgan fingerprint density at radius 1 is 1.12 bits per heavy atom. The number of aromatic nitrogens is 1. The molecule has 2 amide bonds. The van der Waals surface area contributed by atoms with Crippen molar-refractivity contribution in [2.24, 2.45) is 0 Å². The lowest BCUT2D eigenvalue weighted by molar-refractivity contribution is 0.0946. The predicted octanol–water partition coefficient (Wildman–Crippen LogP) is 1.79. The summed E-state index contributed by atoms with van der Waals surface area (Å²) >= 11 is 0. The van der Waals surface area contributed by atoms with E-state index in [0.717, 1.165) is 18.6 Å². The molecule has 1 fully saturated rings. The summed E-state index contributed by atoms with van der Waals surface area (Å²) in [5.41, 5.74) is 0.643. The molecule has 1 aliphatic carbocycles. The molecule has 0 spiro atoms. The normalized spacial score (nSPS) is 13.0. The van der Waals surface area contributed by atoms with Crippen molar-refractivity contribution in [3.63, 3.8) is 0 Å². The Bertz CT molecular complexity index is 773. The first-order valence-electron chi connectivity index (χ1n) is 8.47. The lowest BCUT2D eigenvalue weighted by atomic mass is 10.2. The SMILES string of the molecule is COc1ccc(OCCNC(=O)c2ccnc(C(=O)NC3CC3)c2)cc1. The molecule has 1 heterocycles. The van der Waals surface area contributed by atoms with E-state index in [4.69, 9.17) is 9.47 Å². The van der Waals surface area contributed by atoms with E-state index in [9.17, 15) is 9.59 Å². The van der Waals surface area contributed by atoms with Gasteiger partial charge >= 0.3 is 0 Å². The van der Waals surface area contributed by atoms with Gasteiger partial charge in [-0.2, -0.15) is 0 Å². The number of nitrogens with one attached hydrogen (secondary N) is 2. The van der Waals surface area contributed by atoms with Crippen LogP contribution in [0.5, 0.6) is 11.5 Å². The zero-order chi connectivity index (χ0) is 18.4. The summed E-state index contributed by atoms with van der Waals surface area (Å²) in [6.45, 7) is 0.676. The van der Waals surface area contributed by atoms with E-state index >= 15 is 0 Å². The van der Waals surface area contributed by atoms with E-state index in [2.05, 4.69) is 15.6 Å². The van der Waals surface area contributed by atoms with Crippen molar-refractivity contribution in [1.29, 1.82) is 0 Å². The van der Waals surface area contributed by atoms with Crippen LogP contribution in [0.4, 0.5) is 0 Å². The summed E-state index contributed by atoms with van der Waals surface area (Å²) < 4.78 is 10.6. The zero-order valence-corrected chi connectivity index (χ0v) is 14.5. The highest BCUT2D eigenvalue weighted by Gasteiger charge is 2.24. The van der Waals surface area contributed by atoms with Gasteiger partial charge < -0.3 is 20.1 Å². The van der Waals surface area contributed by atoms with Crippen molar-refractivity contribution in [3.8, 4) is 11.5 Å². The van der Waals surface area contributed by atoms with Gasteiger partial charge in [0.15, 0.2) is 0 Å². The zero-order valence-electron chi connectivity index (χ0n) is 14.5. The highest BCUT2D eigenvalue weighted by molar-refractivity contribution is 5.98. The molecule has 0 bridgehead atoms. The molecule has 0 aliphatic heterocycles. The Balaban J connectivity index is 1.46. The fourth-order valence-electron chi connectivity index (χ4n) is 2.29. The van der Waals surface area contributed by atoms with Gasteiger partial charge in [-0.05, 0) is 49.2 Å². The van der Waals surface area contributed by atoms with Gasteiger partial charge in [0.1, 0.15) is 23.8 Å². The van der Waals surface area contributed by atoms with E-state index in [1.165, 1.54) is 12.3 Å². The van der Waals surface area contributed by atoms with Crippen molar-refractivity contribution in [2.75, 3.05) is 20.3 Å². The Hall–Kier alpha value is -3.09. The van der Waals surface area contributed by atoms with Gasteiger partial charge in [0.2, 0.25) is 0 Å². The Labute approximate surface area is 151 Å².